The lowest BCUT2D eigenvalue weighted by atomic mass is 10.0. The zero-order valence-corrected chi connectivity index (χ0v) is 9.18. The number of aromatic nitrogens is 2. The molecule has 0 saturated carbocycles. The Morgan fingerprint density at radius 1 is 1.57 bits per heavy atom. The fraction of sp³-hybridized carbons (Fsp3) is 0.600. The van der Waals surface area contributed by atoms with Crippen molar-refractivity contribution >= 4 is 11.8 Å². The van der Waals surface area contributed by atoms with Crippen LogP contribution in [0.2, 0.25) is 0 Å². The van der Waals surface area contributed by atoms with Crippen LogP contribution in [0.3, 0.4) is 0 Å². The molecule has 76 valence electrons. The Kier molecular flexibility index (Phi) is 3.37. The summed E-state index contributed by atoms with van der Waals surface area (Å²) in [6.45, 7) is 4.38. The van der Waals surface area contributed by atoms with Crippen LogP contribution < -0.4 is 5.32 Å². The monoisotopic (exact) mass is 209 g/mol. The van der Waals surface area contributed by atoms with Crippen LogP contribution >= 0.6 is 11.8 Å². The Morgan fingerprint density at radius 2 is 2.43 bits per heavy atom. The molecule has 1 saturated heterocycles. The average molecular weight is 209 g/mol. The number of rotatable bonds is 4. The van der Waals surface area contributed by atoms with Crippen molar-refractivity contribution in [3.8, 4) is 0 Å². The minimum absolute atomic E-state index is 0.882. The van der Waals surface area contributed by atoms with Crippen molar-refractivity contribution < 1.29 is 0 Å². The number of hydrogen-bond donors (Lipinski definition) is 1. The molecular weight excluding hydrogens is 194 g/mol. The van der Waals surface area contributed by atoms with Gasteiger partial charge in [-0.2, -0.15) is 0 Å². The highest BCUT2D eigenvalue weighted by Crippen LogP contribution is 2.18. The molecule has 0 aromatic carbocycles. The first-order valence-electron chi connectivity index (χ1n) is 4.98. The van der Waals surface area contributed by atoms with Gasteiger partial charge in [-0.3, -0.25) is 0 Å². The minimum atomic E-state index is 0.882. The number of hydrogen-bond acceptors (Lipinski definition) is 4. The molecular formula is C10H15N3S. The Bertz CT molecular complexity index is 299. The summed E-state index contributed by atoms with van der Waals surface area (Å²) in [5.41, 5.74) is 1.05. The third-order valence-corrected chi connectivity index (χ3v) is 3.29. The van der Waals surface area contributed by atoms with Gasteiger partial charge < -0.3 is 5.32 Å². The molecule has 0 radical (unpaired) electrons. The standard InChI is InChI=1S/C10H15N3S/c1-8-2-4-12-10(13-8)14-5-3-9-6-11-7-9/h2,4,9,11H,3,5-7H2,1H3. The van der Waals surface area contributed by atoms with E-state index < -0.39 is 0 Å². The smallest absolute Gasteiger partial charge is 0.187 e. The number of nitrogens with zero attached hydrogens (tertiary/aromatic N) is 2. The maximum absolute atomic E-state index is 4.35. The Hall–Kier alpha value is -0.610. The van der Waals surface area contributed by atoms with Gasteiger partial charge >= 0.3 is 0 Å². The molecule has 1 aliphatic rings. The summed E-state index contributed by atoms with van der Waals surface area (Å²) in [6.07, 6.45) is 3.10. The van der Waals surface area contributed by atoms with E-state index in [0.29, 0.717) is 0 Å². The molecule has 0 atom stereocenters. The summed E-state index contributed by atoms with van der Waals surface area (Å²) in [5, 5.41) is 4.19. The van der Waals surface area contributed by atoms with Gasteiger partial charge in [0.25, 0.3) is 0 Å². The van der Waals surface area contributed by atoms with E-state index in [1.807, 2.05) is 19.2 Å². The second-order valence-electron chi connectivity index (χ2n) is 3.64. The van der Waals surface area contributed by atoms with Gasteiger partial charge in [-0.15, -0.1) is 0 Å². The normalized spacial score (nSPS) is 16.6. The summed E-state index contributed by atoms with van der Waals surface area (Å²) >= 11 is 1.76. The fourth-order valence-corrected chi connectivity index (χ4v) is 2.34. The first-order chi connectivity index (χ1) is 6.84. The van der Waals surface area contributed by atoms with Gasteiger partial charge in [-0.1, -0.05) is 11.8 Å². The average Bonchev–Trinajstić information content (AvgIpc) is 2.09. The van der Waals surface area contributed by atoms with Crippen LogP contribution in [0, 0.1) is 12.8 Å². The highest BCUT2D eigenvalue weighted by molar-refractivity contribution is 7.99. The van der Waals surface area contributed by atoms with E-state index in [0.717, 1.165) is 22.5 Å². The van der Waals surface area contributed by atoms with Crippen LogP contribution in [0.4, 0.5) is 0 Å². The highest BCUT2D eigenvalue weighted by atomic mass is 32.2. The minimum Gasteiger partial charge on any atom is -0.316 e. The fourth-order valence-electron chi connectivity index (χ4n) is 1.36. The summed E-state index contributed by atoms with van der Waals surface area (Å²) in [7, 11) is 0. The Balaban J connectivity index is 1.74. The molecule has 1 aromatic rings. The third-order valence-electron chi connectivity index (χ3n) is 2.40. The van der Waals surface area contributed by atoms with Crippen molar-refractivity contribution in [3.05, 3.63) is 18.0 Å². The number of thioether (sulfide) groups is 1. The molecule has 2 heterocycles. The van der Waals surface area contributed by atoms with Crippen molar-refractivity contribution in [3.63, 3.8) is 0 Å². The molecule has 0 spiro atoms. The Labute approximate surface area is 88.7 Å². The molecule has 14 heavy (non-hydrogen) atoms. The van der Waals surface area contributed by atoms with E-state index in [1.165, 1.54) is 19.5 Å². The third kappa shape index (κ3) is 2.69. The highest BCUT2D eigenvalue weighted by Gasteiger charge is 2.15. The van der Waals surface area contributed by atoms with Gasteiger partial charge in [-0.25, -0.2) is 9.97 Å². The van der Waals surface area contributed by atoms with E-state index in [2.05, 4.69) is 15.3 Å². The second kappa shape index (κ2) is 4.75. The van der Waals surface area contributed by atoms with Crippen LogP contribution in [-0.4, -0.2) is 28.8 Å². The van der Waals surface area contributed by atoms with E-state index >= 15 is 0 Å². The predicted octanol–water partition coefficient (Wildman–Crippen LogP) is 1.49. The summed E-state index contributed by atoms with van der Waals surface area (Å²) in [5.74, 6) is 2.02. The van der Waals surface area contributed by atoms with Crippen LogP contribution in [0.5, 0.6) is 0 Å². The molecule has 0 unspecified atom stereocenters. The van der Waals surface area contributed by atoms with Gasteiger partial charge in [0.15, 0.2) is 5.16 Å². The van der Waals surface area contributed by atoms with Gasteiger partial charge in [-0.05, 0) is 38.4 Å². The van der Waals surface area contributed by atoms with E-state index in [1.54, 1.807) is 11.8 Å². The maximum atomic E-state index is 4.35. The first-order valence-corrected chi connectivity index (χ1v) is 5.96. The molecule has 1 aliphatic heterocycles. The van der Waals surface area contributed by atoms with Crippen molar-refractivity contribution in [2.75, 3.05) is 18.8 Å². The first kappa shape index (κ1) is 9.93. The molecule has 0 aliphatic carbocycles. The van der Waals surface area contributed by atoms with E-state index in [4.69, 9.17) is 0 Å². The second-order valence-corrected chi connectivity index (χ2v) is 4.70. The van der Waals surface area contributed by atoms with E-state index in [9.17, 15) is 0 Å². The largest absolute Gasteiger partial charge is 0.316 e. The lowest BCUT2D eigenvalue weighted by molar-refractivity contribution is 0.341. The topological polar surface area (TPSA) is 37.8 Å². The molecule has 3 nitrogen and oxygen atoms in total. The zero-order valence-electron chi connectivity index (χ0n) is 8.36. The molecule has 0 amide bonds. The quantitative estimate of drug-likeness (QED) is 0.602. The van der Waals surface area contributed by atoms with Crippen LogP contribution in [0.15, 0.2) is 17.4 Å². The summed E-state index contributed by atoms with van der Waals surface area (Å²) in [4.78, 5) is 8.57. The van der Waals surface area contributed by atoms with Gasteiger partial charge in [0.1, 0.15) is 0 Å². The van der Waals surface area contributed by atoms with Crippen LogP contribution in [-0.2, 0) is 0 Å². The molecule has 1 aromatic heterocycles. The number of aryl methyl sites for hydroxylation is 1. The van der Waals surface area contributed by atoms with Crippen molar-refractivity contribution in [1.29, 1.82) is 0 Å². The maximum Gasteiger partial charge on any atom is 0.187 e. The van der Waals surface area contributed by atoms with Crippen LogP contribution in [0.1, 0.15) is 12.1 Å². The van der Waals surface area contributed by atoms with Crippen molar-refractivity contribution in [2.45, 2.75) is 18.5 Å². The molecule has 4 heteroatoms. The molecule has 1 N–H and O–H groups in total. The SMILES string of the molecule is Cc1ccnc(SCCC2CNC2)n1. The summed E-state index contributed by atoms with van der Waals surface area (Å²) < 4.78 is 0. The van der Waals surface area contributed by atoms with Crippen LogP contribution in [0.25, 0.3) is 0 Å². The van der Waals surface area contributed by atoms with Crippen molar-refractivity contribution in [2.24, 2.45) is 5.92 Å². The lowest BCUT2D eigenvalue weighted by Crippen LogP contribution is -2.42. The molecule has 2 rings (SSSR count). The zero-order chi connectivity index (χ0) is 9.80. The lowest BCUT2D eigenvalue weighted by Gasteiger charge is -2.26. The Morgan fingerprint density at radius 3 is 3.07 bits per heavy atom. The number of nitrogens with one attached hydrogen (secondary N) is 1. The van der Waals surface area contributed by atoms with Gasteiger partial charge in [0.05, 0.1) is 0 Å². The molecule has 1 fully saturated rings. The van der Waals surface area contributed by atoms with E-state index in [-0.39, 0.29) is 0 Å². The summed E-state index contributed by atoms with van der Waals surface area (Å²) in [6, 6.07) is 1.93. The van der Waals surface area contributed by atoms with Gasteiger partial charge in [0.2, 0.25) is 0 Å². The molecule has 0 bridgehead atoms. The predicted molar refractivity (Wildman–Crippen MR) is 58.5 cm³/mol. The van der Waals surface area contributed by atoms with Gasteiger partial charge in [0, 0.05) is 17.6 Å². The van der Waals surface area contributed by atoms with Crippen molar-refractivity contribution in [1.82, 2.24) is 15.3 Å².